The topological polar surface area (TPSA) is 54.3 Å². The molecule has 2 aliphatic rings. The lowest BCUT2D eigenvalue weighted by Crippen LogP contribution is -2.44. The van der Waals surface area contributed by atoms with Gasteiger partial charge in [-0.15, -0.1) is 10.2 Å². The number of aromatic nitrogens is 3. The second kappa shape index (κ2) is 8.43. The fraction of sp³-hybridized carbons (Fsp3) is 0.591. The molecule has 1 aromatic carbocycles. The fourth-order valence-corrected chi connectivity index (χ4v) is 4.15. The number of hydrogen-bond acceptors (Lipinski definition) is 4. The van der Waals surface area contributed by atoms with Crippen LogP contribution < -0.4 is 0 Å². The molecule has 2 heterocycles. The number of rotatable bonds is 7. The molecule has 0 unspecified atom stereocenters. The van der Waals surface area contributed by atoms with Crippen molar-refractivity contribution in [1.29, 1.82) is 0 Å². The second-order valence-electron chi connectivity index (χ2n) is 8.26. The minimum atomic E-state index is 0.276. The van der Waals surface area contributed by atoms with E-state index in [4.69, 9.17) is 0 Å². The van der Waals surface area contributed by atoms with E-state index in [9.17, 15) is 4.79 Å². The molecule has 0 radical (unpaired) electrons. The molecule has 1 saturated carbocycles. The number of amides is 1. The van der Waals surface area contributed by atoms with Crippen molar-refractivity contribution in [2.75, 3.05) is 19.6 Å². The molecule has 0 N–H and O–H groups in total. The maximum absolute atomic E-state index is 13.0. The number of benzene rings is 1. The molecule has 1 amide bonds. The van der Waals surface area contributed by atoms with E-state index in [1.54, 1.807) is 0 Å². The summed E-state index contributed by atoms with van der Waals surface area (Å²) >= 11 is 0. The molecule has 1 aliphatic carbocycles. The summed E-state index contributed by atoms with van der Waals surface area (Å²) in [5.74, 6) is 1.84. The van der Waals surface area contributed by atoms with Gasteiger partial charge in [-0.25, -0.2) is 0 Å². The lowest BCUT2D eigenvalue weighted by atomic mass is 9.96. The third-order valence-electron chi connectivity index (χ3n) is 6.08. The van der Waals surface area contributed by atoms with E-state index in [-0.39, 0.29) is 5.91 Å². The van der Waals surface area contributed by atoms with Gasteiger partial charge in [0, 0.05) is 25.0 Å². The Bertz CT molecular complexity index is 788. The summed E-state index contributed by atoms with van der Waals surface area (Å²) < 4.78 is 2.14. The molecule has 6 heteroatoms. The first-order valence-electron chi connectivity index (χ1n) is 10.6. The van der Waals surface area contributed by atoms with Gasteiger partial charge in [-0.3, -0.25) is 9.69 Å². The van der Waals surface area contributed by atoms with Crippen molar-refractivity contribution in [3.63, 3.8) is 0 Å². The van der Waals surface area contributed by atoms with Gasteiger partial charge in [-0.1, -0.05) is 29.8 Å². The third kappa shape index (κ3) is 4.43. The van der Waals surface area contributed by atoms with E-state index in [0.717, 1.165) is 57.7 Å². The Balaban J connectivity index is 1.32. The summed E-state index contributed by atoms with van der Waals surface area (Å²) in [6.07, 6.45) is 6.21. The Morgan fingerprint density at radius 3 is 2.50 bits per heavy atom. The van der Waals surface area contributed by atoms with Crippen LogP contribution in [0.5, 0.6) is 0 Å². The van der Waals surface area contributed by atoms with Gasteiger partial charge in [-0.2, -0.15) is 0 Å². The molecule has 1 aromatic heterocycles. The highest BCUT2D eigenvalue weighted by atomic mass is 16.2. The van der Waals surface area contributed by atoms with Crippen LogP contribution in [0, 0.1) is 6.92 Å². The highest BCUT2D eigenvalue weighted by Crippen LogP contribution is 2.30. The minimum absolute atomic E-state index is 0.276. The largest absolute Gasteiger partial charge is 0.334 e. The minimum Gasteiger partial charge on any atom is -0.334 e. The predicted octanol–water partition coefficient (Wildman–Crippen LogP) is 2.98. The smallest absolute Gasteiger partial charge is 0.237 e. The van der Waals surface area contributed by atoms with Gasteiger partial charge in [0.25, 0.3) is 0 Å². The van der Waals surface area contributed by atoms with Crippen LogP contribution in [0.3, 0.4) is 0 Å². The molecule has 0 atom stereocenters. The lowest BCUT2D eigenvalue weighted by Gasteiger charge is -2.33. The SMILES string of the molecule is CCn1cnnc1C1CCN(CC(=O)N(Cc2ccc(C)cc2)C2CC2)CC1. The molecule has 2 fully saturated rings. The van der Waals surface area contributed by atoms with Crippen LogP contribution in [0.25, 0.3) is 0 Å². The van der Waals surface area contributed by atoms with Crippen molar-refractivity contribution < 1.29 is 4.79 Å². The average Bonchev–Trinajstić information content (AvgIpc) is 3.44. The van der Waals surface area contributed by atoms with Gasteiger partial charge < -0.3 is 9.47 Å². The number of likely N-dealkylation sites (tertiary alicyclic amines) is 1. The summed E-state index contributed by atoms with van der Waals surface area (Å²) in [5, 5.41) is 8.40. The average molecular weight is 382 g/mol. The molecule has 1 saturated heterocycles. The van der Waals surface area contributed by atoms with Crippen molar-refractivity contribution in [2.24, 2.45) is 0 Å². The van der Waals surface area contributed by atoms with Crippen LogP contribution in [0.15, 0.2) is 30.6 Å². The summed E-state index contributed by atoms with van der Waals surface area (Å²) in [6.45, 7) is 8.32. The Morgan fingerprint density at radius 2 is 1.86 bits per heavy atom. The van der Waals surface area contributed by atoms with Gasteiger partial charge in [0.05, 0.1) is 6.54 Å². The number of carbonyl (C=O) groups excluding carboxylic acids is 1. The van der Waals surface area contributed by atoms with Gasteiger partial charge in [0.1, 0.15) is 12.2 Å². The van der Waals surface area contributed by atoms with Gasteiger partial charge in [-0.05, 0) is 58.2 Å². The number of hydrogen-bond donors (Lipinski definition) is 0. The first kappa shape index (κ1) is 19.1. The molecule has 0 bridgehead atoms. The Labute approximate surface area is 167 Å². The molecule has 4 rings (SSSR count). The summed E-state index contributed by atoms with van der Waals surface area (Å²) in [4.78, 5) is 17.4. The zero-order valence-corrected chi connectivity index (χ0v) is 17.0. The van der Waals surface area contributed by atoms with E-state index < -0.39 is 0 Å². The van der Waals surface area contributed by atoms with Crippen LogP contribution in [-0.4, -0.2) is 56.1 Å². The first-order valence-corrected chi connectivity index (χ1v) is 10.6. The number of carbonyl (C=O) groups is 1. The van der Waals surface area contributed by atoms with Crippen LogP contribution in [0.2, 0.25) is 0 Å². The highest BCUT2D eigenvalue weighted by Gasteiger charge is 2.34. The van der Waals surface area contributed by atoms with Gasteiger partial charge in [0.15, 0.2) is 0 Å². The number of aryl methyl sites for hydroxylation is 2. The third-order valence-corrected chi connectivity index (χ3v) is 6.08. The van der Waals surface area contributed by atoms with Gasteiger partial charge >= 0.3 is 0 Å². The first-order chi connectivity index (χ1) is 13.6. The van der Waals surface area contributed by atoms with Crippen molar-refractivity contribution in [1.82, 2.24) is 24.6 Å². The van der Waals surface area contributed by atoms with Gasteiger partial charge in [0.2, 0.25) is 5.91 Å². The Hall–Kier alpha value is -2.21. The van der Waals surface area contributed by atoms with E-state index in [1.165, 1.54) is 11.1 Å². The monoisotopic (exact) mass is 381 g/mol. The molecule has 150 valence electrons. The lowest BCUT2D eigenvalue weighted by molar-refractivity contribution is -0.134. The quantitative estimate of drug-likeness (QED) is 0.740. The molecular weight excluding hydrogens is 350 g/mol. The van der Waals surface area contributed by atoms with Crippen molar-refractivity contribution in [3.8, 4) is 0 Å². The van der Waals surface area contributed by atoms with E-state index in [2.05, 4.69) is 62.7 Å². The predicted molar refractivity (Wildman–Crippen MR) is 109 cm³/mol. The van der Waals surface area contributed by atoms with Crippen LogP contribution >= 0.6 is 0 Å². The summed E-state index contributed by atoms with van der Waals surface area (Å²) in [5.41, 5.74) is 2.48. The molecular formula is C22H31N5O. The zero-order chi connectivity index (χ0) is 19.5. The van der Waals surface area contributed by atoms with E-state index in [0.29, 0.717) is 18.5 Å². The van der Waals surface area contributed by atoms with Crippen molar-refractivity contribution >= 4 is 5.91 Å². The van der Waals surface area contributed by atoms with E-state index >= 15 is 0 Å². The number of nitrogens with zero attached hydrogens (tertiary/aromatic N) is 5. The molecule has 2 aromatic rings. The summed E-state index contributed by atoms with van der Waals surface area (Å²) in [6, 6.07) is 8.99. The van der Waals surface area contributed by atoms with Crippen molar-refractivity contribution in [2.45, 2.75) is 64.6 Å². The molecule has 6 nitrogen and oxygen atoms in total. The molecule has 0 spiro atoms. The van der Waals surface area contributed by atoms with E-state index in [1.807, 2.05) is 6.33 Å². The molecule has 1 aliphatic heterocycles. The maximum Gasteiger partial charge on any atom is 0.237 e. The molecule has 28 heavy (non-hydrogen) atoms. The maximum atomic E-state index is 13.0. The second-order valence-corrected chi connectivity index (χ2v) is 8.26. The Morgan fingerprint density at radius 1 is 1.14 bits per heavy atom. The summed E-state index contributed by atoms with van der Waals surface area (Å²) in [7, 11) is 0. The standard InChI is InChI=1S/C22H31N5O/c1-3-26-16-23-24-22(26)19-10-12-25(13-11-19)15-21(28)27(20-8-9-20)14-18-6-4-17(2)5-7-18/h4-7,16,19-20H,3,8-15H2,1-2H3. The van der Waals surface area contributed by atoms with Crippen molar-refractivity contribution in [3.05, 3.63) is 47.5 Å². The fourth-order valence-electron chi connectivity index (χ4n) is 4.15. The van der Waals surface area contributed by atoms with Crippen LogP contribution in [-0.2, 0) is 17.9 Å². The van der Waals surface area contributed by atoms with Crippen LogP contribution in [0.1, 0.15) is 55.5 Å². The van der Waals surface area contributed by atoms with Crippen LogP contribution in [0.4, 0.5) is 0 Å². The number of piperidine rings is 1. The normalized spacial score (nSPS) is 18.4. The highest BCUT2D eigenvalue weighted by molar-refractivity contribution is 5.79. The zero-order valence-electron chi connectivity index (χ0n) is 17.0. The Kier molecular flexibility index (Phi) is 5.76.